The Labute approximate surface area is 160 Å². The van der Waals surface area contributed by atoms with Gasteiger partial charge in [0, 0.05) is 31.2 Å². The molecular weight excluding hydrogens is 356 g/mol. The minimum Gasteiger partial charge on any atom is -0.481 e. The molecule has 0 spiro atoms. The Hall–Kier alpha value is -1.79. The molecule has 0 N–H and O–H groups in total. The number of esters is 1. The maximum absolute atomic E-state index is 12.7. The van der Waals surface area contributed by atoms with E-state index in [4.69, 9.17) is 21.1 Å². The van der Waals surface area contributed by atoms with Crippen LogP contribution in [0.4, 0.5) is 0 Å². The molecule has 6 nitrogen and oxygen atoms in total. The van der Waals surface area contributed by atoms with E-state index in [-0.39, 0.29) is 18.4 Å². The van der Waals surface area contributed by atoms with Crippen LogP contribution in [0.3, 0.4) is 0 Å². The van der Waals surface area contributed by atoms with Gasteiger partial charge in [0.2, 0.25) is 0 Å². The van der Waals surface area contributed by atoms with Crippen molar-refractivity contribution in [3.05, 3.63) is 28.8 Å². The molecule has 1 aliphatic heterocycles. The summed E-state index contributed by atoms with van der Waals surface area (Å²) in [7, 11) is 0. The van der Waals surface area contributed by atoms with Crippen LogP contribution in [0, 0.1) is 6.92 Å². The highest BCUT2D eigenvalue weighted by Gasteiger charge is 2.25. The SMILES string of the molecule is CCOC(=O)CN1CCCN(C(=O)C(C)Oc2ccc(Cl)cc2C)CC1. The first kappa shape index (κ1) is 20.5. The second-order valence-corrected chi connectivity index (χ2v) is 6.87. The predicted octanol–water partition coefficient (Wildman–Crippen LogP) is 2.51. The van der Waals surface area contributed by atoms with Crippen LogP contribution in [0.2, 0.25) is 5.02 Å². The summed E-state index contributed by atoms with van der Waals surface area (Å²) >= 11 is 5.96. The quantitative estimate of drug-likeness (QED) is 0.707. The Morgan fingerprint density at radius 1 is 1.23 bits per heavy atom. The fraction of sp³-hybridized carbons (Fsp3) is 0.579. The van der Waals surface area contributed by atoms with Crippen molar-refractivity contribution < 1.29 is 19.1 Å². The number of amides is 1. The van der Waals surface area contributed by atoms with Crippen molar-refractivity contribution in [2.45, 2.75) is 33.3 Å². The number of carbonyl (C=O) groups excluding carboxylic acids is 2. The van der Waals surface area contributed by atoms with Gasteiger partial charge < -0.3 is 14.4 Å². The van der Waals surface area contributed by atoms with Crippen LogP contribution in [0.25, 0.3) is 0 Å². The monoisotopic (exact) mass is 382 g/mol. The van der Waals surface area contributed by atoms with Gasteiger partial charge in [-0.2, -0.15) is 0 Å². The molecule has 144 valence electrons. The van der Waals surface area contributed by atoms with E-state index in [9.17, 15) is 9.59 Å². The van der Waals surface area contributed by atoms with Crippen molar-refractivity contribution in [1.82, 2.24) is 9.80 Å². The number of hydrogen-bond acceptors (Lipinski definition) is 5. The van der Waals surface area contributed by atoms with Crippen LogP contribution in [0.15, 0.2) is 18.2 Å². The van der Waals surface area contributed by atoms with Crippen LogP contribution >= 0.6 is 11.6 Å². The van der Waals surface area contributed by atoms with E-state index in [1.807, 2.05) is 17.9 Å². The van der Waals surface area contributed by atoms with Crippen molar-refractivity contribution in [2.24, 2.45) is 0 Å². The molecule has 1 heterocycles. The number of halogens is 1. The summed E-state index contributed by atoms with van der Waals surface area (Å²) in [5, 5.41) is 0.642. The van der Waals surface area contributed by atoms with E-state index in [1.165, 1.54) is 0 Å². The molecule has 0 saturated carbocycles. The van der Waals surface area contributed by atoms with Gasteiger partial charge in [0.05, 0.1) is 13.2 Å². The van der Waals surface area contributed by atoms with Crippen LogP contribution in [0.1, 0.15) is 25.8 Å². The summed E-state index contributed by atoms with van der Waals surface area (Å²) in [4.78, 5) is 28.2. The standard InChI is InChI=1S/C19H27ClN2O4/c1-4-25-18(23)13-21-8-5-9-22(11-10-21)19(24)15(3)26-17-7-6-16(20)12-14(17)2/h6-7,12,15H,4-5,8-11,13H2,1-3H3. The summed E-state index contributed by atoms with van der Waals surface area (Å²) in [6.45, 7) is 8.77. The van der Waals surface area contributed by atoms with Crippen LogP contribution in [0.5, 0.6) is 5.75 Å². The molecule has 7 heteroatoms. The number of aryl methyl sites for hydroxylation is 1. The Kier molecular flexibility index (Phi) is 7.72. The van der Waals surface area contributed by atoms with E-state index in [1.54, 1.807) is 30.9 Å². The summed E-state index contributed by atoms with van der Waals surface area (Å²) in [5.41, 5.74) is 0.897. The van der Waals surface area contributed by atoms with Crippen molar-refractivity contribution in [1.29, 1.82) is 0 Å². The second-order valence-electron chi connectivity index (χ2n) is 6.43. The van der Waals surface area contributed by atoms with E-state index in [0.717, 1.165) is 18.5 Å². The average Bonchev–Trinajstić information content (AvgIpc) is 2.82. The second kappa shape index (κ2) is 9.78. The number of nitrogens with zero attached hydrogens (tertiary/aromatic N) is 2. The number of carbonyl (C=O) groups is 2. The first-order valence-electron chi connectivity index (χ1n) is 9.00. The lowest BCUT2D eigenvalue weighted by Crippen LogP contribution is -2.43. The lowest BCUT2D eigenvalue weighted by Gasteiger charge is -2.25. The van der Waals surface area contributed by atoms with Crippen molar-refractivity contribution >= 4 is 23.5 Å². The van der Waals surface area contributed by atoms with Gasteiger partial charge in [-0.3, -0.25) is 14.5 Å². The van der Waals surface area contributed by atoms with Crippen LogP contribution in [-0.4, -0.2) is 67.1 Å². The van der Waals surface area contributed by atoms with E-state index < -0.39 is 6.10 Å². The molecule has 1 aromatic carbocycles. The first-order chi connectivity index (χ1) is 12.4. The lowest BCUT2D eigenvalue weighted by atomic mass is 10.2. The molecule has 2 rings (SSSR count). The highest BCUT2D eigenvalue weighted by atomic mass is 35.5. The summed E-state index contributed by atoms with van der Waals surface area (Å²) in [6.07, 6.45) is 0.240. The highest BCUT2D eigenvalue weighted by Crippen LogP contribution is 2.23. The summed E-state index contributed by atoms with van der Waals surface area (Å²) < 4.78 is 10.8. The Balaban J connectivity index is 1.89. The molecule has 1 aliphatic rings. The first-order valence-corrected chi connectivity index (χ1v) is 9.38. The molecule has 1 atom stereocenters. The zero-order valence-corrected chi connectivity index (χ0v) is 16.4. The summed E-state index contributed by atoms with van der Waals surface area (Å²) in [6, 6.07) is 5.35. The highest BCUT2D eigenvalue weighted by molar-refractivity contribution is 6.30. The zero-order valence-electron chi connectivity index (χ0n) is 15.7. The third-order valence-corrected chi connectivity index (χ3v) is 4.58. The average molecular weight is 383 g/mol. The molecule has 1 saturated heterocycles. The zero-order chi connectivity index (χ0) is 19.1. The van der Waals surface area contributed by atoms with Crippen LogP contribution in [-0.2, 0) is 14.3 Å². The largest absolute Gasteiger partial charge is 0.481 e. The van der Waals surface area contributed by atoms with Crippen LogP contribution < -0.4 is 4.74 Å². The number of rotatable bonds is 6. The molecular formula is C19H27ClN2O4. The number of ether oxygens (including phenoxy) is 2. The van der Waals surface area contributed by atoms with Crippen molar-refractivity contribution in [2.75, 3.05) is 39.3 Å². The molecule has 0 aromatic heterocycles. The molecule has 0 radical (unpaired) electrons. The topological polar surface area (TPSA) is 59.1 Å². The molecule has 26 heavy (non-hydrogen) atoms. The Bertz CT molecular complexity index is 638. The summed E-state index contributed by atoms with van der Waals surface area (Å²) in [5.74, 6) is 0.397. The van der Waals surface area contributed by atoms with Crippen molar-refractivity contribution in [3.63, 3.8) is 0 Å². The molecule has 0 aliphatic carbocycles. The maximum atomic E-state index is 12.7. The normalized spacial score (nSPS) is 16.7. The predicted molar refractivity (Wildman–Crippen MR) is 101 cm³/mol. The van der Waals surface area contributed by atoms with Gasteiger partial charge in [-0.1, -0.05) is 11.6 Å². The van der Waals surface area contributed by atoms with E-state index in [2.05, 4.69) is 0 Å². The minimum absolute atomic E-state index is 0.0441. The van der Waals surface area contributed by atoms with Gasteiger partial charge in [-0.25, -0.2) is 0 Å². The fourth-order valence-electron chi connectivity index (χ4n) is 2.98. The minimum atomic E-state index is -0.577. The van der Waals surface area contributed by atoms with E-state index >= 15 is 0 Å². The van der Waals surface area contributed by atoms with Crippen molar-refractivity contribution in [3.8, 4) is 5.75 Å². The van der Waals surface area contributed by atoms with Gasteiger partial charge in [0.1, 0.15) is 5.75 Å². The molecule has 1 aromatic rings. The lowest BCUT2D eigenvalue weighted by molar-refractivity contribution is -0.144. The third kappa shape index (κ3) is 5.88. The Morgan fingerprint density at radius 3 is 2.69 bits per heavy atom. The number of benzene rings is 1. The van der Waals surface area contributed by atoms with Gasteiger partial charge in [0.15, 0.2) is 6.10 Å². The van der Waals surface area contributed by atoms with E-state index in [0.29, 0.717) is 37.0 Å². The number of hydrogen-bond donors (Lipinski definition) is 0. The Morgan fingerprint density at radius 2 is 2.00 bits per heavy atom. The molecule has 1 unspecified atom stereocenters. The maximum Gasteiger partial charge on any atom is 0.320 e. The molecule has 0 bridgehead atoms. The third-order valence-electron chi connectivity index (χ3n) is 4.35. The van der Waals surface area contributed by atoms with Gasteiger partial charge >= 0.3 is 5.97 Å². The van der Waals surface area contributed by atoms with Gasteiger partial charge in [0.25, 0.3) is 5.91 Å². The van der Waals surface area contributed by atoms with Gasteiger partial charge in [-0.15, -0.1) is 0 Å². The fourth-order valence-corrected chi connectivity index (χ4v) is 3.21. The molecule has 1 amide bonds. The van der Waals surface area contributed by atoms with Gasteiger partial charge in [-0.05, 0) is 51.0 Å². The smallest absolute Gasteiger partial charge is 0.320 e. The molecule has 1 fully saturated rings.